The lowest BCUT2D eigenvalue weighted by molar-refractivity contribution is -0.142. The van der Waals surface area contributed by atoms with Crippen LogP contribution in [0.5, 0.6) is 11.5 Å². The summed E-state index contributed by atoms with van der Waals surface area (Å²) in [6.45, 7) is 4.59. The summed E-state index contributed by atoms with van der Waals surface area (Å²) >= 11 is 6.21. The Morgan fingerprint density at radius 1 is 0.917 bits per heavy atom. The molecular weight excluding hydrogens is 476 g/mol. The average molecular weight is 509 g/mol. The molecule has 0 saturated heterocycles. The van der Waals surface area contributed by atoms with Gasteiger partial charge in [0.25, 0.3) is 5.91 Å². The first-order valence-corrected chi connectivity index (χ1v) is 12.4. The Balaban J connectivity index is 1.88. The molecule has 0 aliphatic heterocycles. The molecule has 0 bridgehead atoms. The summed E-state index contributed by atoms with van der Waals surface area (Å²) in [7, 11) is 1.59. The number of hydrogen-bond acceptors (Lipinski definition) is 4. The van der Waals surface area contributed by atoms with Gasteiger partial charge in [0.2, 0.25) is 5.91 Å². The average Bonchev–Trinajstić information content (AvgIpc) is 2.88. The number of carbonyl (C=O) groups excluding carboxylic acids is 2. The molecule has 0 heterocycles. The number of nitrogens with one attached hydrogen (secondary N) is 1. The zero-order valence-electron chi connectivity index (χ0n) is 20.9. The highest BCUT2D eigenvalue weighted by molar-refractivity contribution is 6.30. The van der Waals surface area contributed by atoms with Crippen LogP contribution < -0.4 is 14.8 Å². The zero-order chi connectivity index (χ0) is 25.9. The second-order valence-corrected chi connectivity index (χ2v) is 9.40. The number of ether oxygens (including phenoxy) is 2. The van der Waals surface area contributed by atoms with E-state index in [1.54, 1.807) is 48.4 Å². The van der Waals surface area contributed by atoms with E-state index in [1.807, 2.05) is 56.3 Å². The van der Waals surface area contributed by atoms with E-state index >= 15 is 0 Å². The minimum absolute atomic E-state index is 0.202. The minimum atomic E-state index is -0.725. The van der Waals surface area contributed by atoms with Gasteiger partial charge in [0.05, 0.1) is 7.11 Å². The molecule has 36 heavy (non-hydrogen) atoms. The molecular formula is C29H33ClN2O4. The van der Waals surface area contributed by atoms with Gasteiger partial charge in [-0.15, -0.1) is 0 Å². The molecule has 0 aliphatic carbocycles. The molecule has 1 N–H and O–H groups in total. The molecule has 3 rings (SSSR count). The molecule has 0 unspecified atom stereocenters. The van der Waals surface area contributed by atoms with Crippen LogP contribution in [0.3, 0.4) is 0 Å². The van der Waals surface area contributed by atoms with Crippen molar-refractivity contribution in [3.8, 4) is 11.5 Å². The van der Waals surface area contributed by atoms with Crippen LogP contribution in [0.1, 0.15) is 25.0 Å². The smallest absolute Gasteiger partial charge is 0.261 e. The third-order valence-corrected chi connectivity index (χ3v) is 5.85. The predicted molar refractivity (Wildman–Crippen MR) is 142 cm³/mol. The molecule has 190 valence electrons. The molecule has 0 aliphatic rings. The van der Waals surface area contributed by atoms with E-state index in [1.165, 1.54) is 0 Å². The van der Waals surface area contributed by atoms with Gasteiger partial charge in [0.15, 0.2) is 6.61 Å². The van der Waals surface area contributed by atoms with Crippen molar-refractivity contribution >= 4 is 23.4 Å². The monoisotopic (exact) mass is 508 g/mol. The van der Waals surface area contributed by atoms with Crippen molar-refractivity contribution in [1.29, 1.82) is 0 Å². The Kier molecular flexibility index (Phi) is 10.2. The zero-order valence-corrected chi connectivity index (χ0v) is 21.7. The number of amides is 2. The molecule has 7 heteroatoms. The molecule has 0 radical (unpaired) electrons. The van der Waals surface area contributed by atoms with E-state index in [4.69, 9.17) is 21.1 Å². The fraction of sp³-hybridized carbons (Fsp3) is 0.310. The molecule has 3 aromatic rings. The summed E-state index contributed by atoms with van der Waals surface area (Å²) in [5, 5.41) is 3.58. The summed E-state index contributed by atoms with van der Waals surface area (Å²) in [4.78, 5) is 28.6. The van der Waals surface area contributed by atoms with Gasteiger partial charge in [-0.2, -0.15) is 0 Å². The first kappa shape index (κ1) is 27.1. The summed E-state index contributed by atoms with van der Waals surface area (Å²) in [5.74, 6) is 1.01. The Bertz CT molecular complexity index is 1120. The molecule has 0 fully saturated rings. The van der Waals surface area contributed by atoms with Crippen molar-refractivity contribution in [2.45, 2.75) is 32.9 Å². The summed E-state index contributed by atoms with van der Waals surface area (Å²) in [6.07, 6.45) is 0.375. The van der Waals surface area contributed by atoms with Crippen LogP contribution >= 0.6 is 11.6 Å². The standard InChI is InChI=1S/C29H33ClN2O4/c1-21(2)18-31-29(34)27(17-22-8-5-4-6-9-22)32(19-23-10-7-11-24(30)16-23)28(33)20-36-26-14-12-25(35-3)13-15-26/h4-16,21,27H,17-20H2,1-3H3,(H,31,34)/t27-/m1/s1. The number of carbonyl (C=O) groups is 2. The highest BCUT2D eigenvalue weighted by Gasteiger charge is 2.30. The van der Waals surface area contributed by atoms with Gasteiger partial charge < -0.3 is 19.7 Å². The number of methoxy groups -OCH3 is 1. The topological polar surface area (TPSA) is 67.9 Å². The van der Waals surface area contributed by atoms with Crippen molar-refractivity contribution in [2.24, 2.45) is 5.92 Å². The van der Waals surface area contributed by atoms with E-state index in [9.17, 15) is 9.59 Å². The predicted octanol–water partition coefficient (Wildman–Crippen LogP) is 5.14. The van der Waals surface area contributed by atoms with E-state index in [-0.39, 0.29) is 30.9 Å². The Morgan fingerprint density at radius 3 is 2.22 bits per heavy atom. The third-order valence-electron chi connectivity index (χ3n) is 5.62. The van der Waals surface area contributed by atoms with Gasteiger partial charge in [-0.05, 0) is 53.4 Å². The van der Waals surface area contributed by atoms with Crippen LogP contribution in [0.15, 0.2) is 78.9 Å². The maximum absolute atomic E-state index is 13.6. The second kappa shape index (κ2) is 13.5. The van der Waals surface area contributed by atoms with Crippen molar-refractivity contribution in [3.05, 3.63) is 95.0 Å². The van der Waals surface area contributed by atoms with E-state index < -0.39 is 6.04 Å². The largest absolute Gasteiger partial charge is 0.497 e. The van der Waals surface area contributed by atoms with E-state index in [0.29, 0.717) is 29.5 Å². The first-order chi connectivity index (χ1) is 17.4. The normalized spacial score (nSPS) is 11.6. The molecule has 0 aromatic heterocycles. The third kappa shape index (κ3) is 8.31. The molecule has 2 amide bonds. The fourth-order valence-corrected chi connectivity index (χ4v) is 3.92. The summed E-state index contributed by atoms with van der Waals surface area (Å²) in [5.41, 5.74) is 1.79. The number of halogens is 1. The summed E-state index contributed by atoms with van der Waals surface area (Å²) < 4.78 is 11.0. The Morgan fingerprint density at radius 2 is 1.58 bits per heavy atom. The van der Waals surface area contributed by atoms with E-state index in [2.05, 4.69) is 5.32 Å². The maximum atomic E-state index is 13.6. The van der Waals surface area contributed by atoms with Crippen LogP contribution in [0.25, 0.3) is 0 Å². The lowest BCUT2D eigenvalue weighted by Crippen LogP contribution is -2.52. The fourth-order valence-electron chi connectivity index (χ4n) is 3.71. The van der Waals surface area contributed by atoms with Crippen LogP contribution in [0, 0.1) is 5.92 Å². The maximum Gasteiger partial charge on any atom is 0.261 e. The molecule has 1 atom stereocenters. The van der Waals surface area contributed by atoms with Crippen LogP contribution in [-0.2, 0) is 22.6 Å². The van der Waals surface area contributed by atoms with Gasteiger partial charge in [0, 0.05) is 24.5 Å². The quantitative estimate of drug-likeness (QED) is 0.368. The number of rotatable bonds is 12. The molecule has 6 nitrogen and oxygen atoms in total. The van der Waals surface area contributed by atoms with Crippen molar-refractivity contribution in [3.63, 3.8) is 0 Å². The summed E-state index contributed by atoms with van der Waals surface area (Å²) in [6, 6.07) is 23.3. The lowest BCUT2D eigenvalue weighted by atomic mass is 10.0. The second-order valence-electron chi connectivity index (χ2n) is 8.96. The lowest BCUT2D eigenvalue weighted by Gasteiger charge is -2.31. The van der Waals surface area contributed by atoms with Crippen LogP contribution in [-0.4, -0.2) is 43.0 Å². The minimum Gasteiger partial charge on any atom is -0.497 e. The molecule has 0 spiro atoms. The first-order valence-electron chi connectivity index (χ1n) is 12.0. The highest BCUT2D eigenvalue weighted by Crippen LogP contribution is 2.20. The number of benzene rings is 3. The van der Waals surface area contributed by atoms with Gasteiger partial charge in [-0.25, -0.2) is 0 Å². The van der Waals surface area contributed by atoms with Gasteiger partial charge >= 0.3 is 0 Å². The van der Waals surface area contributed by atoms with Crippen molar-refractivity contribution < 1.29 is 19.1 Å². The van der Waals surface area contributed by atoms with Crippen LogP contribution in [0.4, 0.5) is 0 Å². The number of nitrogens with zero attached hydrogens (tertiary/aromatic N) is 1. The van der Waals surface area contributed by atoms with Crippen molar-refractivity contribution in [1.82, 2.24) is 10.2 Å². The molecule has 0 saturated carbocycles. The Hall–Kier alpha value is -3.51. The van der Waals surface area contributed by atoms with Gasteiger partial charge in [-0.3, -0.25) is 9.59 Å². The van der Waals surface area contributed by atoms with Crippen molar-refractivity contribution in [2.75, 3.05) is 20.3 Å². The van der Waals surface area contributed by atoms with Crippen LogP contribution in [0.2, 0.25) is 5.02 Å². The number of hydrogen-bond donors (Lipinski definition) is 1. The molecule has 3 aromatic carbocycles. The van der Waals surface area contributed by atoms with E-state index in [0.717, 1.165) is 11.1 Å². The Labute approximate surface area is 218 Å². The van der Waals surface area contributed by atoms with Gasteiger partial charge in [0.1, 0.15) is 17.5 Å². The van der Waals surface area contributed by atoms with Gasteiger partial charge in [-0.1, -0.05) is 67.9 Å². The SMILES string of the molecule is COc1ccc(OCC(=O)N(Cc2cccc(Cl)c2)[C@H](Cc2ccccc2)C(=O)NCC(C)C)cc1. The highest BCUT2D eigenvalue weighted by atomic mass is 35.5.